The molecule has 2 N–H and O–H groups in total. The van der Waals surface area contributed by atoms with Crippen molar-refractivity contribution in [1.29, 1.82) is 0 Å². The topological polar surface area (TPSA) is 88.2 Å². The van der Waals surface area contributed by atoms with E-state index in [2.05, 4.69) is 19.2 Å². The zero-order chi connectivity index (χ0) is 18.1. The largest absolute Gasteiger partial charge is 0.367 e. The lowest BCUT2D eigenvalue weighted by atomic mass is 10.2. The lowest BCUT2D eigenvalue weighted by Gasteiger charge is -2.34. The van der Waals surface area contributed by atoms with Crippen molar-refractivity contribution in [2.24, 2.45) is 0 Å². The molecule has 1 fully saturated rings. The summed E-state index contributed by atoms with van der Waals surface area (Å²) in [4.78, 5) is 25.5. The standard InChI is InChI=1S/C16H15FN6OS2/c17-11-4-2-1-3-10(11)13-19-9-12(25-13)14(24)22-5-7-23(8-6-22)16-20-15(18)21-26-16/h1-4,9H,5-8H2,(H2,18,21). The Kier molecular flexibility index (Phi) is 4.51. The predicted octanol–water partition coefficient (Wildman–Crippen LogP) is 2.35. The third-order valence-electron chi connectivity index (χ3n) is 4.09. The van der Waals surface area contributed by atoms with E-state index in [0.29, 0.717) is 41.6 Å². The normalized spacial score (nSPS) is 14.7. The van der Waals surface area contributed by atoms with E-state index >= 15 is 0 Å². The second-order valence-corrected chi connectivity index (χ2v) is 7.48. The number of aromatic nitrogens is 3. The minimum Gasteiger partial charge on any atom is -0.367 e. The number of hydrogen-bond acceptors (Lipinski definition) is 8. The van der Waals surface area contributed by atoms with Crippen LogP contribution >= 0.6 is 22.9 Å². The molecule has 1 aromatic carbocycles. The number of hydrogen-bond donors (Lipinski definition) is 1. The molecule has 4 rings (SSSR count). The van der Waals surface area contributed by atoms with Gasteiger partial charge in [0.15, 0.2) is 0 Å². The van der Waals surface area contributed by atoms with Gasteiger partial charge in [0.05, 0.1) is 6.20 Å². The maximum Gasteiger partial charge on any atom is 0.265 e. The van der Waals surface area contributed by atoms with Gasteiger partial charge in [-0.2, -0.15) is 9.36 Å². The number of thiazole rings is 1. The van der Waals surface area contributed by atoms with Crippen LogP contribution in [-0.2, 0) is 0 Å². The first-order valence-corrected chi connectivity index (χ1v) is 9.55. The van der Waals surface area contributed by atoms with Gasteiger partial charge in [-0.1, -0.05) is 12.1 Å². The fourth-order valence-electron chi connectivity index (χ4n) is 2.74. The number of rotatable bonds is 3. The van der Waals surface area contributed by atoms with Crippen molar-refractivity contribution in [3.63, 3.8) is 0 Å². The SMILES string of the molecule is Nc1nsc(N2CCN(C(=O)c3cnc(-c4ccccc4F)s3)CC2)n1. The van der Waals surface area contributed by atoms with Crippen LogP contribution in [0.1, 0.15) is 9.67 Å². The molecule has 0 unspecified atom stereocenters. The summed E-state index contributed by atoms with van der Waals surface area (Å²) in [6.45, 7) is 2.48. The fourth-order valence-corrected chi connectivity index (χ4v) is 4.30. The van der Waals surface area contributed by atoms with Gasteiger partial charge in [0.2, 0.25) is 11.1 Å². The van der Waals surface area contributed by atoms with Gasteiger partial charge in [0.25, 0.3) is 5.91 Å². The van der Waals surface area contributed by atoms with E-state index in [-0.39, 0.29) is 17.7 Å². The minimum atomic E-state index is -0.342. The third kappa shape index (κ3) is 3.25. The van der Waals surface area contributed by atoms with Crippen molar-refractivity contribution in [2.75, 3.05) is 36.8 Å². The number of carbonyl (C=O) groups excluding carboxylic acids is 1. The van der Waals surface area contributed by atoms with Crippen LogP contribution < -0.4 is 10.6 Å². The second kappa shape index (κ2) is 6.96. The molecule has 0 bridgehead atoms. The Hall–Kier alpha value is -2.59. The monoisotopic (exact) mass is 390 g/mol. The van der Waals surface area contributed by atoms with Gasteiger partial charge in [-0.25, -0.2) is 9.37 Å². The molecule has 134 valence electrons. The minimum absolute atomic E-state index is 0.0819. The molecule has 0 spiro atoms. The number of nitrogens with zero attached hydrogens (tertiary/aromatic N) is 5. The van der Waals surface area contributed by atoms with Crippen LogP contribution in [-0.4, -0.2) is 51.3 Å². The quantitative estimate of drug-likeness (QED) is 0.739. The van der Waals surface area contributed by atoms with Crippen molar-refractivity contribution in [3.05, 3.63) is 41.2 Å². The van der Waals surface area contributed by atoms with Gasteiger partial charge in [-0.15, -0.1) is 11.3 Å². The number of piperazine rings is 1. The molecule has 10 heteroatoms. The Labute approximate surface area is 157 Å². The summed E-state index contributed by atoms with van der Waals surface area (Å²) in [5, 5.41) is 1.28. The number of amides is 1. The highest BCUT2D eigenvalue weighted by Gasteiger charge is 2.25. The average molecular weight is 390 g/mol. The zero-order valence-electron chi connectivity index (χ0n) is 13.6. The first-order chi connectivity index (χ1) is 12.6. The Morgan fingerprint density at radius 3 is 2.65 bits per heavy atom. The number of nitrogens with two attached hydrogens (primary N) is 1. The molecule has 3 heterocycles. The smallest absolute Gasteiger partial charge is 0.265 e. The summed E-state index contributed by atoms with van der Waals surface area (Å²) >= 11 is 2.47. The highest BCUT2D eigenvalue weighted by molar-refractivity contribution is 7.16. The molecule has 26 heavy (non-hydrogen) atoms. The molecule has 0 radical (unpaired) electrons. The molecule has 1 amide bonds. The average Bonchev–Trinajstić information content (AvgIpc) is 3.31. The number of carbonyl (C=O) groups is 1. The number of halogens is 1. The van der Waals surface area contributed by atoms with Gasteiger partial charge in [-0.05, 0) is 12.1 Å². The van der Waals surface area contributed by atoms with Crippen molar-refractivity contribution in [3.8, 4) is 10.6 Å². The van der Waals surface area contributed by atoms with Crippen LogP contribution in [0.5, 0.6) is 0 Å². The number of benzene rings is 1. The fraction of sp³-hybridized carbons (Fsp3) is 0.250. The Bertz CT molecular complexity index is 934. The highest BCUT2D eigenvalue weighted by Crippen LogP contribution is 2.28. The summed E-state index contributed by atoms with van der Waals surface area (Å²) in [5.74, 6) is -0.152. The molecule has 3 aromatic rings. The Balaban J connectivity index is 1.44. The second-order valence-electron chi connectivity index (χ2n) is 5.72. The predicted molar refractivity (Wildman–Crippen MR) is 99.9 cm³/mol. The van der Waals surface area contributed by atoms with Gasteiger partial charge >= 0.3 is 0 Å². The van der Waals surface area contributed by atoms with E-state index in [1.165, 1.54) is 35.1 Å². The summed E-state index contributed by atoms with van der Waals surface area (Å²) in [7, 11) is 0. The molecule has 0 atom stereocenters. The van der Waals surface area contributed by atoms with E-state index in [0.717, 1.165) is 5.13 Å². The first-order valence-electron chi connectivity index (χ1n) is 7.96. The van der Waals surface area contributed by atoms with Crippen LogP contribution in [0.2, 0.25) is 0 Å². The number of nitrogen functional groups attached to an aromatic ring is 1. The maximum atomic E-state index is 13.9. The van der Waals surface area contributed by atoms with Gasteiger partial charge in [0, 0.05) is 43.3 Å². The third-order valence-corrected chi connectivity index (χ3v) is 5.90. The Morgan fingerprint density at radius 2 is 1.96 bits per heavy atom. The Morgan fingerprint density at radius 1 is 1.19 bits per heavy atom. The van der Waals surface area contributed by atoms with E-state index in [9.17, 15) is 9.18 Å². The molecule has 1 aliphatic heterocycles. The molecular weight excluding hydrogens is 375 g/mol. The van der Waals surface area contributed by atoms with Crippen molar-refractivity contribution in [2.45, 2.75) is 0 Å². The van der Waals surface area contributed by atoms with Crippen LogP contribution in [0.3, 0.4) is 0 Å². The summed E-state index contributed by atoms with van der Waals surface area (Å²) in [6, 6.07) is 6.43. The lowest BCUT2D eigenvalue weighted by Crippen LogP contribution is -2.48. The van der Waals surface area contributed by atoms with E-state index in [4.69, 9.17) is 5.73 Å². The van der Waals surface area contributed by atoms with Crippen LogP contribution in [0.4, 0.5) is 15.5 Å². The summed E-state index contributed by atoms with van der Waals surface area (Å²) in [6.07, 6.45) is 1.52. The van der Waals surface area contributed by atoms with Gasteiger partial charge in [0.1, 0.15) is 15.7 Å². The summed E-state index contributed by atoms with van der Waals surface area (Å²) in [5.41, 5.74) is 5.97. The molecular formula is C16H15FN6OS2. The van der Waals surface area contributed by atoms with Crippen molar-refractivity contribution in [1.82, 2.24) is 19.2 Å². The number of anilines is 2. The lowest BCUT2D eigenvalue weighted by molar-refractivity contribution is 0.0751. The van der Waals surface area contributed by atoms with Crippen molar-refractivity contribution >= 4 is 39.9 Å². The maximum absolute atomic E-state index is 13.9. The molecule has 7 nitrogen and oxygen atoms in total. The van der Waals surface area contributed by atoms with Gasteiger partial charge < -0.3 is 15.5 Å². The molecule has 0 saturated carbocycles. The van der Waals surface area contributed by atoms with Crippen LogP contribution in [0, 0.1) is 5.82 Å². The molecule has 2 aromatic heterocycles. The molecule has 1 saturated heterocycles. The highest BCUT2D eigenvalue weighted by atomic mass is 32.1. The first kappa shape index (κ1) is 16.9. The summed E-state index contributed by atoms with van der Waals surface area (Å²) < 4.78 is 17.9. The van der Waals surface area contributed by atoms with Crippen LogP contribution in [0.25, 0.3) is 10.6 Å². The van der Waals surface area contributed by atoms with E-state index in [1.54, 1.807) is 23.1 Å². The van der Waals surface area contributed by atoms with Gasteiger partial charge in [-0.3, -0.25) is 4.79 Å². The molecule has 1 aliphatic rings. The van der Waals surface area contributed by atoms with Crippen LogP contribution in [0.15, 0.2) is 30.5 Å². The zero-order valence-corrected chi connectivity index (χ0v) is 15.3. The van der Waals surface area contributed by atoms with Crippen molar-refractivity contribution < 1.29 is 9.18 Å². The van der Waals surface area contributed by atoms with E-state index in [1.807, 2.05) is 0 Å². The molecule has 0 aliphatic carbocycles. The van der Waals surface area contributed by atoms with E-state index < -0.39 is 0 Å².